The van der Waals surface area contributed by atoms with Gasteiger partial charge in [-0.1, -0.05) is 57.6 Å². The number of carbonyl (C=O) groups is 1. The highest BCUT2D eigenvalue weighted by Gasteiger charge is 2.19. The lowest BCUT2D eigenvalue weighted by atomic mass is 10.2. The number of oxime groups is 1. The predicted molar refractivity (Wildman–Crippen MR) is 99.8 cm³/mol. The van der Waals surface area contributed by atoms with Crippen LogP contribution in [0.2, 0.25) is 20.1 Å². The molecule has 0 aliphatic carbocycles. The summed E-state index contributed by atoms with van der Waals surface area (Å²) in [6.45, 7) is 1.47. The average molecular weight is 422 g/mol. The zero-order chi connectivity index (χ0) is 18.6. The van der Waals surface area contributed by atoms with E-state index in [1.54, 1.807) is 24.3 Å². The topological polar surface area (TPSA) is 73.9 Å². The smallest absolute Gasteiger partial charge is 0.374 e. The molecule has 9 heteroatoms. The van der Waals surface area contributed by atoms with E-state index in [-0.39, 0.29) is 32.2 Å². The molecule has 0 heterocycles. The summed E-state index contributed by atoms with van der Waals surface area (Å²) in [4.78, 5) is 16.8. The third-order valence-corrected chi connectivity index (χ3v) is 4.14. The van der Waals surface area contributed by atoms with E-state index in [0.29, 0.717) is 5.02 Å². The van der Waals surface area contributed by atoms with Crippen molar-refractivity contribution < 1.29 is 14.4 Å². The zero-order valence-electron chi connectivity index (χ0n) is 12.8. The Morgan fingerprint density at radius 1 is 1.08 bits per heavy atom. The molecule has 5 nitrogen and oxygen atoms in total. The Balaban J connectivity index is 2.06. The van der Waals surface area contributed by atoms with Crippen molar-refractivity contribution in [2.75, 3.05) is 0 Å². The molecule has 2 aromatic rings. The van der Waals surface area contributed by atoms with Crippen LogP contribution in [0.15, 0.2) is 41.6 Å². The van der Waals surface area contributed by atoms with Crippen molar-refractivity contribution in [2.45, 2.75) is 13.0 Å². The predicted octanol–water partition coefficient (Wildman–Crippen LogP) is 4.93. The van der Waals surface area contributed by atoms with E-state index in [0.717, 1.165) is 0 Å². The number of carbonyl (C=O) groups excluding carboxylic acids is 1. The normalized spacial score (nSPS) is 12.6. The molecular weight excluding hydrogens is 410 g/mol. The molecule has 0 radical (unpaired) electrons. The van der Waals surface area contributed by atoms with Crippen molar-refractivity contribution in [2.24, 2.45) is 10.9 Å². The van der Waals surface area contributed by atoms with Gasteiger partial charge in [0.1, 0.15) is 5.75 Å². The lowest BCUT2D eigenvalue weighted by Gasteiger charge is -2.13. The van der Waals surface area contributed by atoms with Gasteiger partial charge in [-0.3, -0.25) is 0 Å². The molecule has 0 amide bonds. The summed E-state index contributed by atoms with van der Waals surface area (Å²) in [7, 11) is 0. The zero-order valence-corrected chi connectivity index (χ0v) is 15.8. The van der Waals surface area contributed by atoms with Crippen molar-refractivity contribution in [3.63, 3.8) is 0 Å². The van der Waals surface area contributed by atoms with Gasteiger partial charge in [-0.05, 0) is 37.3 Å². The first-order valence-corrected chi connectivity index (χ1v) is 8.41. The highest BCUT2D eigenvalue weighted by molar-refractivity contribution is 6.40. The van der Waals surface area contributed by atoms with Gasteiger partial charge in [-0.25, -0.2) is 4.79 Å². The summed E-state index contributed by atoms with van der Waals surface area (Å²) in [5.41, 5.74) is 6.04. The molecule has 2 N–H and O–H groups in total. The fourth-order valence-electron chi connectivity index (χ4n) is 1.77. The minimum Gasteiger partial charge on any atom is -0.477 e. The molecule has 0 fully saturated rings. The Morgan fingerprint density at radius 2 is 1.72 bits per heavy atom. The van der Waals surface area contributed by atoms with Crippen LogP contribution in [0.3, 0.4) is 0 Å². The number of nitrogens with zero attached hydrogens (tertiary/aromatic N) is 1. The van der Waals surface area contributed by atoms with Crippen molar-refractivity contribution in [1.82, 2.24) is 0 Å². The van der Waals surface area contributed by atoms with Gasteiger partial charge in [-0.2, -0.15) is 0 Å². The van der Waals surface area contributed by atoms with E-state index in [2.05, 4.69) is 5.16 Å². The fraction of sp³-hybridized carbons (Fsp3) is 0.125. The van der Waals surface area contributed by atoms with E-state index in [1.165, 1.54) is 19.1 Å². The van der Waals surface area contributed by atoms with Crippen molar-refractivity contribution in [1.29, 1.82) is 0 Å². The van der Waals surface area contributed by atoms with Crippen molar-refractivity contribution in [3.05, 3.63) is 62.1 Å². The Morgan fingerprint density at radius 3 is 2.32 bits per heavy atom. The van der Waals surface area contributed by atoms with E-state index >= 15 is 0 Å². The molecule has 0 aliphatic heterocycles. The Kier molecular flexibility index (Phi) is 6.79. The van der Waals surface area contributed by atoms with E-state index in [1.807, 2.05) is 0 Å². The fourth-order valence-corrected chi connectivity index (χ4v) is 2.81. The number of ether oxygens (including phenoxy) is 1. The Labute approximate surface area is 164 Å². The molecule has 1 unspecified atom stereocenters. The van der Waals surface area contributed by atoms with Crippen LogP contribution in [-0.2, 0) is 9.63 Å². The number of hydrogen-bond donors (Lipinski definition) is 1. The molecular formula is C16H12Cl4N2O3. The highest BCUT2D eigenvalue weighted by Crippen LogP contribution is 2.28. The summed E-state index contributed by atoms with van der Waals surface area (Å²) in [6.07, 6.45) is -0.989. The minimum absolute atomic E-state index is 0.138. The molecule has 0 saturated carbocycles. The maximum Gasteiger partial charge on any atom is 0.374 e. The van der Waals surface area contributed by atoms with Crippen LogP contribution in [0.4, 0.5) is 0 Å². The number of amidine groups is 1. The molecule has 1 atom stereocenters. The van der Waals surface area contributed by atoms with Gasteiger partial charge < -0.3 is 15.3 Å². The second kappa shape index (κ2) is 8.63. The number of benzene rings is 2. The van der Waals surface area contributed by atoms with Crippen LogP contribution in [0.1, 0.15) is 12.5 Å². The number of hydrogen-bond acceptors (Lipinski definition) is 4. The largest absolute Gasteiger partial charge is 0.477 e. The maximum atomic E-state index is 12.0. The van der Waals surface area contributed by atoms with E-state index in [4.69, 9.17) is 61.7 Å². The van der Waals surface area contributed by atoms with Crippen LogP contribution >= 0.6 is 46.4 Å². The summed E-state index contributed by atoms with van der Waals surface area (Å²) in [5.74, 6) is -0.639. The van der Waals surface area contributed by atoms with Crippen LogP contribution in [-0.4, -0.2) is 17.9 Å². The Bertz CT molecular complexity index is 807. The van der Waals surface area contributed by atoms with Gasteiger partial charge in [0, 0.05) is 5.02 Å². The number of halogens is 4. The molecule has 0 aliphatic rings. The quantitative estimate of drug-likeness (QED) is 0.321. The highest BCUT2D eigenvalue weighted by atomic mass is 35.5. The molecule has 25 heavy (non-hydrogen) atoms. The average Bonchev–Trinajstić information content (AvgIpc) is 2.55. The third-order valence-electron chi connectivity index (χ3n) is 2.98. The monoisotopic (exact) mass is 420 g/mol. The molecule has 2 aromatic carbocycles. The molecule has 0 bridgehead atoms. The summed E-state index contributed by atoms with van der Waals surface area (Å²) < 4.78 is 5.42. The van der Waals surface area contributed by atoms with Crippen LogP contribution in [0.5, 0.6) is 5.75 Å². The molecule has 0 aromatic heterocycles. The van der Waals surface area contributed by atoms with Gasteiger partial charge in [-0.15, -0.1) is 0 Å². The van der Waals surface area contributed by atoms with Gasteiger partial charge in [0.25, 0.3) is 0 Å². The first kappa shape index (κ1) is 19.7. The maximum absolute atomic E-state index is 12.0. The number of nitrogens with two attached hydrogens (primary N) is 1. The molecule has 0 spiro atoms. The van der Waals surface area contributed by atoms with Crippen LogP contribution < -0.4 is 10.5 Å². The second-order valence-electron chi connectivity index (χ2n) is 4.82. The first-order chi connectivity index (χ1) is 11.8. The van der Waals surface area contributed by atoms with Gasteiger partial charge in [0.15, 0.2) is 11.9 Å². The Hall–Kier alpha value is -1.66. The lowest BCUT2D eigenvalue weighted by molar-refractivity contribution is -0.151. The second-order valence-corrected chi connectivity index (χ2v) is 6.48. The SMILES string of the molecule is CC(Oc1ccc(Cl)cc1Cl)C(=O)O/N=C(\N)c1c(Cl)cccc1Cl. The molecule has 2 rings (SSSR count). The first-order valence-electron chi connectivity index (χ1n) is 6.90. The van der Waals surface area contributed by atoms with Crippen molar-refractivity contribution in [3.8, 4) is 5.75 Å². The van der Waals surface area contributed by atoms with E-state index in [9.17, 15) is 4.79 Å². The summed E-state index contributed by atoms with van der Waals surface area (Å²) >= 11 is 23.8. The van der Waals surface area contributed by atoms with Gasteiger partial charge >= 0.3 is 5.97 Å². The molecule has 0 saturated heterocycles. The van der Waals surface area contributed by atoms with Crippen LogP contribution in [0, 0.1) is 0 Å². The molecule has 132 valence electrons. The van der Waals surface area contributed by atoms with Gasteiger partial charge in [0.05, 0.1) is 20.6 Å². The van der Waals surface area contributed by atoms with Crippen molar-refractivity contribution >= 4 is 58.2 Å². The van der Waals surface area contributed by atoms with E-state index < -0.39 is 12.1 Å². The standard InChI is InChI=1S/C16H12Cl4N2O3/c1-8(24-13-6-5-9(17)7-12(13)20)16(23)25-22-15(21)14-10(18)3-2-4-11(14)19/h2-8H,1H3,(H2,21,22). The third kappa shape index (κ3) is 5.16. The lowest BCUT2D eigenvalue weighted by Crippen LogP contribution is -2.26. The summed E-state index contributed by atoms with van der Waals surface area (Å²) in [6, 6.07) is 9.43. The minimum atomic E-state index is -0.989. The summed E-state index contributed by atoms with van der Waals surface area (Å²) in [5, 5.41) is 4.82. The number of rotatable bonds is 5. The van der Waals surface area contributed by atoms with Gasteiger partial charge in [0.2, 0.25) is 0 Å². The van der Waals surface area contributed by atoms with Crippen LogP contribution in [0.25, 0.3) is 0 Å².